The van der Waals surface area contributed by atoms with Crippen molar-refractivity contribution in [2.45, 2.75) is 77.2 Å². The van der Waals surface area contributed by atoms with Crippen molar-refractivity contribution in [3.8, 4) is 11.8 Å². The van der Waals surface area contributed by atoms with Crippen molar-refractivity contribution in [3.63, 3.8) is 0 Å². The van der Waals surface area contributed by atoms with E-state index in [9.17, 15) is 0 Å². The molecule has 0 spiro atoms. The van der Waals surface area contributed by atoms with Crippen LogP contribution in [0.2, 0.25) is 0 Å². The van der Waals surface area contributed by atoms with Crippen LogP contribution in [-0.4, -0.2) is 13.2 Å². The minimum Gasteiger partial charge on any atom is -0.381 e. The van der Waals surface area contributed by atoms with E-state index in [0.717, 1.165) is 11.8 Å². The summed E-state index contributed by atoms with van der Waals surface area (Å²) in [5, 5.41) is 0. The number of methoxy groups -OCH3 is 1. The zero-order valence-electron chi connectivity index (χ0n) is 15.1. The highest BCUT2D eigenvalue weighted by Crippen LogP contribution is 2.32. The van der Waals surface area contributed by atoms with Crippen LogP contribution in [0.25, 0.3) is 0 Å². The third-order valence-corrected chi connectivity index (χ3v) is 5.63. The third kappa shape index (κ3) is 6.96. The van der Waals surface area contributed by atoms with E-state index in [0.29, 0.717) is 12.0 Å². The fourth-order valence-corrected chi connectivity index (χ4v) is 4.06. The molecule has 0 heterocycles. The minimum atomic E-state index is 0.487. The summed E-state index contributed by atoms with van der Waals surface area (Å²) in [6.45, 7) is 2.30. The van der Waals surface area contributed by atoms with Crippen LogP contribution in [0.3, 0.4) is 0 Å². The second kappa shape index (κ2) is 10.7. The average Bonchev–Trinajstić information content (AvgIpc) is 2.60. The molecule has 2 rings (SSSR count). The first kappa shape index (κ1) is 18.3. The van der Waals surface area contributed by atoms with Crippen molar-refractivity contribution in [3.05, 3.63) is 24.3 Å². The van der Waals surface area contributed by atoms with Gasteiger partial charge in [-0.1, -0.05) is 43.8 Å². The van der Waals surface area contributed by atoms with Gasteiger partial charge in [0.05, 0.1) is 6.10 Å². The largest absolute Gasteiger partial charge is 0.381 e. The summed E-state index contributed by atoms with van der Waals surface area (Å²) >= 11 is 0. The molecule has 0 aliphatic heterocycles. The monoisotopic (exact) mass is 314 g/mol. The Balaban J connectivity index is 1.63. The van der Waals surface area contributed by atoms with Gasteiger partial charge >= 0.3 is 0 Å². The van der Waals surface area contributed by atoms with Gasteiger partial charge in [-0.15, -0.1) is 0 Å². The van der Waals surface area contributed by atoms with Crippen molar-refractivity contribution >= 4 is 0 Å². The fourth-order valence-electron chi connectivity index (χ4n) is 4.06. The van der Waals surface area contributed by atoms with E-state index >= 15 is 0 Å². The minimum absolute atomic E-state index is 0.487. The molecule has 2 aliphatic carbocycles. The Bertz CT molecular complexity index is 421. The molecule has 0 amide bonds. The summed E-state index contributed by atoms with van der Waals surface area (Å²) in [7, 11) is 1.83. The van der Waals surface area contributed by atoms with Gasteiger partial charge < -0.3 is 4.74 Å². The van der Waals surface area contributed by atoms with Gasteiger partial charge in [0.25, 0.3) is 0 Å². The summed E-state index contributed by atoms with van der Waals surface area (Å²) in [5.41, 5.74) is 0. The molecule has 0 atom stereocenters. The van der Waals surface area contributed by atoms with Crippen molar-refractivity contribution < 1.29 is 4.74 Å². The van der Waals surface area contributed by atoms with Gasteiger partial charge in [0.15, 0.2) is 0 Å². The smallest absolute Gasteiger partial charge is 0.0571 e. The van der Waals surface area contributed by atoms with Gasteiger partial charge in [0.2, 0.25) is 0 Å². The first-order valence-corrected chi connectivity index (χ1v) is 9.69. The standard InChI is InChI=1S/C22H34O/c1-3-8-19-11-13-20(14-12-19)9-6-4-5-7-10-21-15-17-22(23-2)18-16-21/h6-7,9-10,19-22H,3,8,11-18H2,1-2H3/b9-6+,10-7+/t19-,20-,21-,22-. The number of rotatable bonds is 5. The van der Waals surface area contributed by atoms with E-state index in [4.69, 9.17) is 4.74 Å². The maximum atomic E-state index is 5.41. The van der Waals surface area contributed by atoms with Gasteiger partial charge in [-0.25, -0.2) is 0 Å². The Labute approximate surface area is 143 Å². The van der Waals surface area contributed by atoms with Crippen molar-refractivity contribution in [1.82, 2.24) is 0 Å². The molecule has 0 saturated heterocycles. The van der Waals surface area contributed by atoms with Gasteiger partial charge in [0, 0.05) is 7.11 Å². The molecule has 2 aliphatic rings. The van der Waals surface area contributed by atoms with Gasteiger partial charge in [-0.05, 0) is 81.3 Å². The van der Waals surface area contributed by atoms with E-state index in [1.165, 1.54) is 64.2 Å². The lowest BCUT2D eigenvalue weighted by Crippen LogP contribution is -2.19. The molecule has 0 N–H and O–H groups in total. The molecule has 0 aromatic rings. The van der Waals surface area contributed by atoms with Crippen LogP contribution in [0.1, 0.15) is 71.1 Å². The molecule has 128 valence electrons. The van der Waals surface area contributed by atoms with Crippen LogP contribution >= 0.6 is 0 Å². The summed E-state index contributed by atoms with van der Waals surface area (Å²) < 4.78 is 5.41. The Kier molecular flexibility index (Phi) is 8.54. The molecule has 0 radical (unpaired) electrons. The lowest BCUT2D eigenvalue weighted by atomic mass is 9.80. The number of allylic oxidation sites excluding steroid dienone is 4. The maximum absolute atomic E-state index is 5.41. The summed E-state index contributed by atoms with van der Waals surface area (Å²) in [6, 6.07) is 0. The molecule has 2 fully saturated rings. The molecule has 0 aromatic heterocycles. The summed E-state index contributed by atoms with van der Waals surface area (Å²) in [5.74, 6) is 8.83. The Morgan fingerprint density at radius 1 is 0.826 bits per heavy atom. The van der Waals surface area contributed by atoms with Crippen molar-refractivity contribution in [2.75, 3.05) is 7.11 Å². The van der Waals surface area contributed by atoms with E-state index in [2.05, 4.69) is 43.1 Å². The summed E-state index contributed by atoms with van der Waals surface area (Å²) in [4.78, 5) is 0. The molecular formula is C22H34O. The fraction of sp³-hybridized carbons (Fsp3) is 0.727. The highest BCUT2D eigenvalue weighted by Gasteiger charge is 2.19. The third-order valence-electron chi connectivity index (χ3n) is 5.63. The Hall–Kier alpha value is -1.00. The van der Waals surface area contributed by atoms with Crippen molar-refractivity contribution in [2.24, 2.45) is 17.8 Å². The SMILES string of the molecule is CCC[C@H]1CC[C@H](/C=C/C#C/C=C/[C@H]2CC[C@H](OC)CC2)CC1. The highest BCUT2D eigenvalue weighted by molar-refractivity contribution is 5.24. The van der Waals surface area contributed by atoms with Crippen LogP contribution in [0.4, 0.5) is 0 Å². The summed E-state index contributed by atoms with van der Waals surface area (Å²) in [6.07, 6.45) is 22.5. The second-order valence-corrected chi connectivity index (χ2v) is 7.35. The zero-order valence-corrected chi connectivity index (χ0v) is 15.1. The van der Waals surface area contributed by atoms with Crippen LogP contribution in [0, 0.1) is 29.6 Å². The quantitative estimate of drug-likeness (QED) is 0.573. The molecule has 1 nitrogen and oxygen atoms in total. The number of hydrogen-bond acceptors (Lipinski definition) is 1. The van der Waals surface area contributed by atoms with E-state index < -0.39 is 0 Å². The zero-order chi connectivity index (χ0) is 16.3. The Morgan fingerprint density at radius 3 is 1.83 bits per heavy atom. The number of hydrogen-bond donors (Lipinski definition) is 0. The second-order valence-electron chi connectivity index (χ2n) is 7.35. The average molecular weight is 315 g/mol. The topological polar surface area (TPSA) is 9.23 Å². The molecule has 0 bridgehead atoms. The van der Waals surface area contributed by atoms with Crippen LogP contribution in [-0.2, 0) is 4.74 Å². The van der Waals surface area contributed by atoms with E-state index in [-0.39, 0.29) is 0 Å². The molecule has 23 heavy (non-hydrogen) atoms. The molecule has 0 aromatic carbocycles. The maximum Gasteiger partial charge on any atom is 0.0571 e. The molecular weight excluding hydrogens is 280 g/mol. The van der Waals surface area contributed by atoms with Crippen LogP contribution < -0.4 is 0 Å². The van der Waals surface area contributed by atoms with Gasteiger partial charge in [0.1, 0.15) is 0 Å². The first-order chi connectivity index (χ1) is 11.3. The lowest BCUT2D eigenvalue weighted by Gasteiger charge is -2.26. The molecule has 0 unspecified atom stereocenters. The number of ether oxygens (including phenoxy) is 1. The van der Waals surface area contributed by atoms with Crippen LogP contribution in [0.15, 0.2) is 24.3 Å². The van der Waals surface area contributed by atoms with Gasteiger partial charge in [-0.2, -0.15) is 0 Å². The normalized spacial score (nSPS) is 32.1. The first-order valence-electron chi connectivity index (χ1n) is 9.69. The lowest BCUT2D eigenvalue weighted by molar-refractivity contribution is 0.0627. The van der Waals surface area contributed by atoms with E-state index in [1.807, 2.05) is 7.11 Å². The highest BCUT2D eigenvalue weighted by atomic mass is 16.5. The molecule has 2 saturated carbocycles. The van der Waals surface area contributed by atoms with Crippen molar-refractivity contribution in [1.29, 1.82) is 0 Å². The molecule has 1 heteroatoms. The van der Waals surface area contributed by atoms with Crippen LogP contribution in [0.5, 0.6) is 0 Å². The predicted octanol–water partition coefficient (Wildman–Crippen LogP) is 5.91. The van der Waals surface area contributed by atoms with Gasteiger partial charge in [-0.3, -0.25) is 0 Å². The van der Waals surface area contributed by atoms with E-state index in [1.54, 1.807) is 0 Å². The predicted molar refractivity (Wildman–Crippen MR) is 99.2 cm³/mol. The Morgan fingerprint density at radius 2 is 1.35 bits per heavy atom.